The third kappa shape index (κ3) is 4.44. The Morgan fingerprint density at radius 2 is 1.70 bits per heavy atom. The second-order valence-corrected chi connectivity index (χ2v) is 8.75. The van der Waals surface area contributed by atoms with Gasteiger partial charge in [0.15, 0.2) is 0 Å². The number of alkyl halides is 2. The summed E-state index contributed by atoms with van der Waals surface area (Å²) >= 11 is 0. The van der Waals surface area contributed by atoms with Gasteiger partial charge in [-0.05, 0) is 56.6 Å². The molecule has 3 unspecified atom stereocenters. The first kappa shape index (κ1) is 21.1. The van der Waals surface area contributed by atoms with E-state index in [1.54, 1.807) is 17.0 Å². The molecule has 5 nitrogen and oxygen atoms in total. The number of benzene rings is 1. The number of fused-ring (bicyclic) bond motifs is 1. The quantitative estimate of drug-likeness (QED) is 0.729. The third-order valence-corrected chi connectivity index (χ3v) is 6.92. The van der Waals surface area contributed by atoms with Crippen LogP contribution in [0.2, 0.25) is 0 Å². The molecule has 3 atom stereocenters. The minimum atomic E-state index is -2.99. The molecule has 0 bridgehead atoms. The highest BCUT2D eigenvalue weighted by molar-refractivity contribution is 5.97. The lowest BCUT2D eigenvalue weighted by Gasteiger charge is -2.46. The first-order chi connectivity index (χ1) is 14.5. The van der Waals surface area contributed by atoms with Crippen molar-refractivity contribution < 1.29 is 23.1 Å². The Morgan fingerprint density at radius 3 is 2.53 bits per heavy atom. The van der Waals surface area contributed by atoms with E-state index in [0.717, 1.165) is 32.2 Å². The monoisotopic (exact) mass is 420 g/mol. The van der Waals surface area contributed by atoms with Gasteiger partial charge in [0.05, 0.1) is 11.5 Å². The second-order valence-electron chi connectivity index (χ2n) is 8.75. The van der Waals surface area contributed by atoms with E-state index in [0.29, 0.717) is 25.0 Å². The number of carbonyl (C=O) groups is 2. The van der Waals surface area contributed by atoms with E-state index >= 15 is 0 Å². The molecule has 1 saturated carbocycles. The summed E-state index contributed by atoms with van der Waals surface area (Å²) in [6, 6.07) is 6.43. The SMILES string of the molecule is O=C(c1ccccc1OC(F)F)N1CCCC(C(=O)N2CCCC3CCCCC32)C1. The Kier molecular flexibility index (Phi) is 6.54. The Labute approximate surface area is 176 Å². The number of ether oxygens (including phenoxy) is 1. The van der Waals surface area contributed by atoms with E-state index < -0.39 is 6.61 Å². The van der Waals surface area contributed by atoms with Gasteiger partial charge < -0.3 is 14.5 Å². The highest BCUT2D eigenvalue weighted by Gasteiger charge is 2.39. The summed E-state index contributed by atoms with van der Waals surface area (Å²) in [4.78, 5) is 30.2. The van der Waals surface area contributed by atoms with Crippen molar-refractivity contribution in [3.05, 3.63) is 29.8 Å². The lowest BCUT2D eigenvalue weighted by molar-refractivity contribution is -0.143. The predicted molar refractivity (Wildman–Crippen MR) is 108 cm³/mol. The predicted octanol–water partition coefficient (Wildman–Crippen LogP) is 4.32. The van der Waals surface area contributed by atoms with Crippen LogP contribution < -0.4 is 4.74 Å². The standard InChI is InChI=1S/C23H30F2N2O3/c24-23(25)30-20-12-4-2-10-18(20)22(29)26-13-5-9-17(15-26)21(28)27-14-6-8-16-7-1-3-11-19(16)27/h2,4,10,12,16-17,19,23H,1,3,5-9,11,13-15H2. The van der Waals surface area contributed by atoms with Crippen LogP contribution in [-0.4, -0.2) is 53.9 Å². The van der Waals surface area contributed by atoms with E-state index in [-0.39, 0.29) is 29.0 Å². The van der Waals surface area contributed by atoms with Crippen LogP contribution >= 0.6 is 0 Å². The van der Waals surface area contributed by atoms with Crippen LogP contribution in [0.25, 0.3) is 0 Å². The molecule has 0 spiro atoms. The zero-order valence-corrected chi connectivity index (χ0v) is 17.3. The van der Waals surface area contributed by atoms with Crippen LogP contribution in [0.4, 0.5) is 8.78 Å². The fraction of sp³-hybridized carbons (Fsp3) is 0.652. The van der Waals surface area contributed by atoms with Crippen LogP contribution in [0.1, 0.15) is 61.7 Å². The minimum Gasteiger partial charge on any atom is -0.434 e. The summed E-state index contributed by atoms with van der Waals surface area (Å²) in [6.45, 7) is -1.31. The van der Waals surface area contributed by atoms with Crippen LogP contribution in [0.15, 0.2) is 24.3 Å². The average Bonchev–Trinajstić information content (AvgIpc) is 2.78. The maximum atomic E-state index is 13.4. The van der Waals surface area contributed by atoms with Crippen molar-refractivity contribution >= 4 is 11.8 Å². The molecule has 1 aromatic carbocycles. The van der Waals surface area contributed by atoms with Gasteiger partial charge in [0.2, 0.25) is 5.91 Å². The number of nitrogens with zero attached hydrogens (tertiary/aromatic N) is 2. The highest BCUT2D eigenvalue weighted by atomic mass is 19.3. The van der Waals surface area contributed by atoms with E-state index in [1.165, 1.54) is 37.8 Å². The van der Waals surface area contributed by atoms with E-state index in [2.05, 4.69) is 9.64 Å². The van der Waals surface area contributed by atoms with Gasteiger partial charge in [-0.3, -0.25) is 9.59 Å². The summed E-state index contributed by atoms with van der Waals surface area (Å²) < 4.78 is 30.0. The van der Waals surface area contributed by atoms with E-state index in [1.807, 2.05) is 0 Å². The van der Waals surface area contributed by atoms with Crippen LogP contribution in [0.3, 0.4) is 0 Å². The molecule has 30 heavy (non-hydrogen) atoms. The molecule has 3 aliphatic rings. The molecule has 2 amide bonds. The molecule has 2 saturated heterocycles. The van der Waals surface area contributed by atoms with Gasteiger partial charge in [0.25, 0.3) is 5.91 Å². The molecule has 164 valence electrons. The molecule has 0 aromatic heterocycles. The Bertz CT molecular complexity index is 771. The first-order valence-corrected chi connectivity index (χ1v) is 11.2. The summed E-state index contributed by atoms with van der Waals surface area (Å²) in [6.07, 6.45) is 8.52. The maximum Gasteiger partial charge on any atom is 0.387 e. The largest absolute Gasteiger partial charge is 0.434 e. The maximum absolute atomic E-state index is 13.4. The smallest absolute Gasteiger partial charge is 0.387 e. The number of para-hydroxylation sites is 1. The van der Waals surface area contributed by atoms with Crippen molar-refractivity contribution in [2.24, 2.45) is 11.8 Å². The Balaban J connectivity index is 1.45. The molecule has 2 aliphatic heterocycles. The van der Waals surface area contributed by atoms with Crippen LogP contribution in [0, 0.1) is 11.8 Å². The van der Waals surface area contributed by atoms with Gasteiger partial charge in [0.1, 0.15) is 5.75 Å². The van der Waals surface area contributed by atoms with Gasteiger partial charge in [-0.1, -0.05) is 25.0 Å². The van der Waals surface area contributed by atoms with Crippen LogP contribution in [0.5, 0.6) is 5.75 Å². The molecular weight excluding hydrogens is 390 g/mol. The number of piperidine rings is 2. The van der Waals surface area contributed by atoms with Crippen LogP contribution in [-0.2, 0) is 4.79 Å². The Hall–Kier alpha value is -2.18. The summed E-state index contributed by atoms with van der Waals surface area (Å²) in [5, 5.41) is 0. The summed E-state index contributed by atoms with van der Waals surface area (Å²) in [5.74, 6) is 0.105. The molecule has 7 heteroatoms. The van der Waals surface area contributed by atoms with Gasteiger partial charge in [-0.2, -0.15) is 8.78 Å². The molecule has 3 fully saturated rings. The van der Waals surface area contributed by atoms with E-state index in [4.69, 9.17) is 0 Å². The molecule has 2 heterocycles. The third-order valence-electron chi connectivity index (χ3n) is 6.92. The number of carbonyl (C=O) groups excluding carboxylic acids is 2. The molecule has 0 N–H and O–H groups in total. The fourth-order valence-corrected chi connectivity index (χ4v) is 5.51. The number of hydrogen-bond donors (Lipinski definition) is 0. The van der Waals surface area contributed by atoms with Gasteiger partial charge >= 0.3 is 6.61 Å². The molecular formula is C23H30F2N2O3. The molecule has 0 radical (unpaired) electrons. The average molecular weight is 421 g/mol. The number of rotatable bonds is 4. The summed E-state index contributed by atoms with van der Waals surface area (Å²) in [5.41, 5.74) is 0.121. The van der Waals surface area contributed by atoms with Gasteiger partial charge in [-0.15, -0.1) is 0 Å². The van der Waals surface area contributed by atoms with Crippen molar-refractivity contribution in [3.8, 4) is 5.75 Å². The molecule has 4 rings (SSSR count). The van der Waals surface area contributed by atoms with Crippen molar-refractivity contribution in [3.63, 3.8) is 0 Å². The normalized spacial score (nSPS) is 27.0. The lowest BCUT2D eigenvalue weighted by atomic mass is 9.77. The Morgan fingerprint density at radius 1 is 0.967 bits per heavy atom. The van der Waals surface area contributed by atoms with E-state index in [9.17, 15) is 18.4 Å². The van der Waals surface area contributed by atoms with Gasteiger partial charge in [-0.25, -0.2) is 0 Å². The number of halogens is 2. The van der Waals surface area contributed by atoms with Crippen molar-refractivity contribution in [1.29, 1.82) is 0 Å². The number of likely N-dealkylation sites (tertiary alicyclic amines) is 2. The zero-order valence-electron chi connectivity index (χ0n) is 17.3. The molecule has 1 aromatic rings. The fourth-order valence-electron chi connectivity index (χ4n) is 5.51. The number of hydrogen-bond acceptors (Lipinski definition) is 3. The highest BCUT2D eigenvalue weighted by Crippen LogP contribution is 2.36. The first-order valence-electron chi connectivity index (χ1n) is 11.2. The topological polar surface area (TPSA) is 49.9 Å². The second kappa shape index (κ2) is 9.31. The zero-order chi connectivity index (χ0) is 21.1. The lowest BCUT2D eigenvalue weighted by Crippen LogP contribution is -2.54. The number of amides is 2. The minimum absolute atomic E-state index is 0.118. The summed E-state index contributed by atoms with van der Waals surface area (Å²) in [7, 11) is 0. The van der Waals surface area contributed by atoms with Crippen molar-refractivity contribution in [2.45, 2.75) is 64.0 Å². The molecule has 1 aliphatic carbocycles. The van der Waals surface area contributed by atoms with Crippen molar-refractivity contribution in [2.75, 3.05) is 19.6 Å². The van der Waals surface area contributed by atoms with Crippen molar-refractivity contribution in [1.82, 2.24) is 9.80 Å². The van der Waals surface area contributed by atoms with Gasteiger partial charge in [0, 0.05) is 25.7 Å².